The van der Waals surface area contributed by atoms with Crippen molar-refractivity contribution >= 4 is 34.5 Å². The van der Waals surface area contributed by atoms with Crippen molar-refractivity contribution in [2.24, 2.45) is 13.0 Å². The maximum absolute atomic E-state index is 13.8. The molecule has 0 unspecified atom stereocenters. The Labute approximate surface area is 284 Å². The summed E-state index contributed by atoms with van der Waals surface area (Å²) in [6.07, 6.45) is 5.04. The number of carbonyl (C=O) groups excluding carboxylic acids is 2. The number of benzene rings is 2. The van der Waals surface area contributed by atoms with Crippen LogP contribution >= 0.6 is 0 Å². The van der Waals surface area contributed by atoms with Crippen LogP contribution in [0.4, 0.5) is 11.4 Å². The number of methoxy groups -OCH3 is 1. The molecule has 2 aromatic heterocycles. The molecule has 2 aliphatic rings. The average Bonchev–Trinajstić information content (AvgIpc) is 3.74. The molecule has 1 saturated heterocycles. The molecule has 0 bridgehead atoms. The largest absolute Gasteiger partial charge is 0.481 e. The number of likely N-dealkylation sites (tertiary alicyclic amines) is 1. The number of carbonyl (C=O) groups is 2. The molecule has 2 aromatic carbocycles. The van der Waals surface area contributed by atoms with Crippen LogP contribution < -0.4 is 21.1 Å². The fourth-order valence-electron chi connectivity index (χ4n) is 6.34. The highest BCUT2D eigenvalue weighted by atomic mass is 16.5. The Hall–Kier alpha value is -5.56. The van der Waals surface area contributed by atoms with Gasteiger partial charge in [0, 0.05) is 73.6 Å². The SMILES string of the molecule is CCN(C(=O)[C@@H]1CCN(CC(=O)N2CC=C(c3ccc(-c4nn(C)c(=O)o4)cc3)CC2)C1)c1ccc(N)c(C(=N)c2ccc(OC)nc2)c1. The quantitative estimate of drug-likeness (QED) is 0.191. The van der Waals surface area contributed by atoms with E-state index in [1.165, 1.54) is 7.11 Å². The summed E-state index contributed by atoms with van der Waals surface area (Å²) < 4.78 is 11.5. The maximum atomic E-state index is 13.8. The van der Waals surface area contributed by atoms with E-state index in [-0.39, 0.29) is 35.9 Å². The lowest BCUT2D eigenvalue weighted by Gasteiger charge is -2.29. The molecule has 3 N–H and O–H groups in total. The van der Waals surface area contributed by atoms with Crippen molar-refractivity contribution in [1.29, 1.82) is 5.41 Å². The minimum absolute atomic E-state index is 0.00688. The molecule has 0 spiro atoms. The summed E-state index contributed by atoms with van der Waals surface area (Å²) in [5.41, 5.74) is 11.6. The van der Waals surface area contributed by atoms with Crippen LogP contribution in [0.25, 0.3) is 17.0 Å². The average molecular weight is 665 g/mol. The van der Waals surface area contributed by atoms with Gasteiger partial charge in [-0.1, -0.05) is 18.2 Å². The molecule has 13 heteroatoms. The van der Waals surface area contributed by atoms with E-state index in [0.717, 1.165) is 27.8 Å². The van der Waals surface area contributed by atoms with Gasteiger partial charge in [0.05, 0.1) is 25.3 Å². The molecule has 1 atom stereocenters. The van der Waals surface area contributed by atoms with Gasteiger partial charge in [0.2, 0.25) is 23.6 Å². The van der Waals surface area contributed by atoms with Gasteiger partial charge in [-0.05, 0) is 73.8 Å². The van der Waals surface area contributed by atoms with Crippen LogP contribution in [0.2, 0.25) is 0 Å². The standard InChI is InChI=1S/C36H40N8O5/c1-4-44(28-10-11-30(37)29(19-28)33(38)26-9-12-31(48-3)39-20-26)35(46)27-13-16-42(21-27)22-32(45)43-17-14-24(15-18-43)23-5-7-25(8-6-23)34-40-41(2)36(47)49-34/h5-12,14,19-20,27,38H,4,13,15-18,21-22,37H2,1-3H3/t27-/m1/s1. The normalized spacial score (nSPS) is 16.3. The lowest BCUT2D eigenvalue weighted by molar-refractivity contribution is -0.132. The van der Waals surface area contributed by atoms with Crippen molar-refractivity contribution in [3.63, 3.8) is 0 Å². The van der Waals surface area contributed by atoms with Crippen molar-refractivity contribution in [1.82, 2.24) is 24.6 Å². The molecular formula is C36H40N8O5. The Morgan fingerprint density at radius 3 is 2.51 bits per heavy atom. The smallest absolute Gasteiger partial charge is 0.437 e. The predicted octanol–water partition coefficient (Wildman–Crippen LogP) is 3.43. The Morgan fingerprint density at radius 1 is 1.10 bits per heavy atom. The first-order valence-corrected chi connectivity index (χ1v) is 16.3. The maximum Gasteiger partial charge on any atom is 0.437 e. The molecular weight excluding hydrogens is 624 g/mol. The van der Waals surface area contributed by atoms with Crippen LogP contribution in [0.1, 0.15) is 36.5 Å². The first-order valence-electron chi connectivity index (χ1n) is 16.3. The number of hydrogen-bond acceptors (Lipinski definition) is 10. The first kappa shape index (κ1) is 33.3. The summed E-state index contributed by atoms with van der Waals surface area (Å²) in [6, 6.07) is 16.5. The van der Waals surface area contributed by atoms with E-state index >= 15 is 0 Å². The van der Waals surface area contributed by atoms with E-state index in [1.807, 2.05) is 42.2 Å². The number of rotatable bonds is 10. The highest BCUT2D eigenvalue weighted by Crippen LogP contribution is 2.29. The summed E-state index contributed by atoms with van der Waals surface area (Å²) in [6.45, 7) is 4.96. The number of nitrogens with one attached hydrogen (secondary N) is 1. The van der Waals surface area contributed by atoms with Gasteiger partial charge >= 0.3 is 5.76 Å². The van der Waals surface area contributed by atoms with Gasteiger partial charge in [0.25, 0.3) is 0 Å². The van der Waals surface area contributed by atoms with Crippen LogP contribution in [-0.4, -0.2) is 88.5 Å². The summed E-state index contributed by atoms with van der Waals surface area (Å²) in [5, 5.41) is 12.9. The zero-order valence-electron chi connectivity index (χ0n) is 27.9. The van der Waals surface area contributed by atoms with Crippen LogP contribution in [0, 0.1) is 11.3 Å². The fourth-order valence-corrected chi connectivity index (χ4v) is 6.34. The van der Waals surface area contributed by atoms with Gasteiger partial charge in [-0.3, -0.25) is 19.9 Å². The van der Waals surface area contributed by atoms with Crippen molar-refractivity contribution in [3.8, 4) is 17.3 Å². The third-order valence-corrected chi connectivity index (χ3v) is 9.17. The molecule has 2 amide bonds. The highest BCUT2D eigenvalue weighted by molar-refractivity contribution is 6.14. The van der Waals surface area contributed by atoms with Crippen molar-refractivity contribution in [2.45, 2.75) is 19.8 Å². The number of amides is 2. The van der Waals surface area contributed by atoms with Crippen LogP contribution in [0.5, 0.6) is 5.88 Å². The van der Waals surface area contributed by atoms with Crippen LogP contribution in [-0.2, 0) is 16.6 Å². The number of hydrogen-bond donors (Lipinski definition) is 2. The molecule has 254 valence electrons. The van der Waals surface area contributed by atoms with Gasteiger partial charge in [-0.25, -0.2) is 9.78 Å². The summed E-state index contributed by atoms with van der Waals surface area (Å²) >= 11 is 0. The Balaban J connectivity index is 1.04. The number of nitrogens with two attached hydrogens (primary N) is 1. The Morgan fingerprint density at radius 2 is 1.88 bits per heavy atom. The molecule has 0 radical (unpaired) electrons. The summed E-state index contributed by atoms with van der Waals surface area (Å²) in [7, 11) is 3.08. The second-order valence-corrected chi connectivity index (χ2v) is 12.2. The molecule has 0 saturated carbocycles. The summed E-state index contributed by atoms with van der Waals surface area (Å²) in [5.74, 6) is 0.0240. The number of ether oxygens (including phenoxy) is 1. The van der Waals surface area contributed by atoms with Gasteiger partial charge < -0.3 is 24.7 Å². The molecule has 49 heavy (non-hydrogen) atoms. The predicted molar refractivity (Wildman–Crippen MR) is 187 cm³/mol. The number of anilines is 2. The van der Waals surface area contributed by atoms with Gasteiger partial charge in [0.1, 0.15) is 0 Å². The van der Waals surface area contributed by atoms with E-state index in [2.05, 4.69) is 21.1 Å². The highest BCUT2D eigenvalue weighted by Gasteiger charge is 2.33. The molecule has 2 aliphatic heterocycles. The topological polar surface area (TPSA) is 164 Å². The van der Waals surface area contributed by atoms with Crippen LogP contribution in [0.3, 0.4) is 0 Å². The van der Waals surface area contributed by atoms with Gasteiger partial charge in [-0.2, -0.15) is 4.68 Å². The molecule has 0 aliphatic carbocycles. The summed E-state index contributed by atoms with van der Waals surface area (Å²) in [4.78, 5) is 48.5. The Kier molecular flexibility index (Phi) is 9.72. The van der Waals surface area contributed by atoms with E-state index in [1.54, 1.807) is 42.4 Å². The van der Waals surface area contributed by atoms with E-state index in [9.17, 15) is 14.4 Å². The number of nitrogens with zero attached hydrogens (tertiary/aromatic N) is 6. The number of aromatic nitrogens is 3. The van der Waals surface area contributed by atoms with Crippen molar-refractivity contribution < 1.29 is 18.7 Å². The number of nitrogen functional groups attached to an aromatic ring is 1. The molecule has 13 nitrogen and oxygen atoms in total. The molecule has 6 rings (SSSR count). The van der Waals surface area contributed by atoms with Crippen molar-refractivity contribution in [2.75, 3.05) is 57.0 Å². The number of aryl methyl sites for hydroxylation is 1. The molecule has 1 fully saturated rings. The molecule has 4 heterocycles. The zero-order valence-corrected chi connectivity index (χ0v) is 27.9. The van der Waals surface area contributed by atoms with Crippen molar-refractivity contribution in [3.05, 3.63) is 94.1 Å². The van der Waals surface area contributed by atoms with Crippen LogP contribution in [0.15, 0.2) is 76.1 Å². The molecule has 4 aromatic rings. The monoisotopic (exact) mass is 664 g/mol. The Bertz CT molecular complexity index is 1950. The van der Waals surface area contributed by atoms with E-state index in [0.29, 0.717) is 67.5 Å². The van der Waals surface area contributed by atoms with Gasteiger partial charge in [0.15, 0.2) is 0 Å². The second kappa shape index (κ2) is 14.3. The van der Waals surface area contributed by atoms with E-state index < -0.39 is 5.76 Å². The van der Waals surface area contributed by atoms with E-state index in [4.69, 9.17) is 20.3 Å². The minimum Gasteiger partial charge on any atom is -0.481 e. The number of pyridine rings is 1. The first-order chi connectivity index (χ1) is 23.6. The fraction of sp³-hybridized carbons (Fsp3) is 0.333. The van der Waals surface area contributed by atoms with Gasteiger partial charge in [-0.15, -0.1) is 5.10 Å². The minimum atomic E-state index is -0.507. The zero-order chi connectivity index (χ0) is 34.7. The lowest BCUT2D eigenvalue weighted by atomic mass is 9.98. The second-order valence-electron chi connectivity index (χ2n) is 12.2. The third-order valence-electron chi connectivity index (χ3n) is 9.17. The third kappa shape index (κ3) is 7.16. The lowest BCUT2D eigenvalue weighted by Crippen LogP contribution is -2.42.